The molecule has 0 radical (unpaired) electrons. The van der Waals surface area contributed by atoms with E-state index >= 15 is 0 Å². The molecule has 84 heavy (non-hydrogen) atoms. The fraction of sp³-hybridized carbons (Fsp3) is 0.433. The van der Waals surface area contributed by atoms with Crippen LogP contribution < -0.4 is 33.1 Å². The van der Waals surface area contributed by atoms with E-state index in [-0.39, 0.29) is 34.4 Å². The number of ether oxygens (including phenoxy) is 4. The van der Waals surface area contributed by atoms with E-state index in [1.165, 1.54) is 41.6 Å². The van der Waals surface area contributed by atoms with Gasteiger partial charge in [0.2, 0.25) is 11.8 Å². The van der Waals surface area contributed by atoms with Crippen LogP contribution in [0.1, 0.15) is 98.8 Å². The molecule has 2 aliphatic heterocycles. The maximum Gasteiger partial charge on any atom is 1.00 e. The minimum absolute atomic E-state index is 0. The fourth-order valence-corrected chi connectivity index (χ4v) is 9.77. The Hall–Kier alpha value is -4.68. The maximum absolute atomic E-state index is 12.9. The standard InChI is InChI=1S/C25H26F3N3O3S.C24H28BrF3N2O2Si.C7H13NO2S.C4H9.Li/c1-5-31-22(34-20-11-9-18(10-12-20)25(26,27)28)14-21(29-31)17-7-6-8-19(13-17)24(15-33-16-24)30-35(32)23(2,3)4;1-23(2,3)33(4,5)31-14-13-30-22(16-21(29-30)17-7-6-8-19(25)15-17)32-20-11-9-18(10-12-20)24(26,27)28;1-7(2,3)11(9)8-6-4-10-5-6;1-3-4-2;/h5-14,30H,1,15-16H2,2-4H3;6-12,15-16H,13-14H2,1-5H3;4-5H2,1-3H3;1,3-4H2,2H3;/q;;;-1;+1. The largest absolute Gasteiger partial charge is 1.00 e. The molecule has 0 saturated carbocycles. The number of rotatable bonds is 16. The molecule has 4 aromatic carbocycles. The van der Waals surface area contributed by atoms with Gasteiger partial charge in [-0.3, -0.25) is 0 Å². The van der Waals surface area contributed by atoms with Gasteiger partial charge in [0.25, 0.3) is 0 Å². The van der Waals surface area contributed by atoms with Gasteiger partial charge in [-0.1, -0.05) is 87.0 Å². The molecule has 13 nitrogen and oxygen atoms in total. The van der Waals surface area contributed by atoms with E-state index in [1.54, 1.807) is 16.8 Å². The molecule has 2 aliphatic rings. The first-order chi connectivity index (χ1) is 38.6. The van der Waals surface area contributed by atoms with E-state index in [0.29, 0.717) is 68.5 Å². The van der Waals surface area contributed by atoms with Crippen LogP contribution in [0.5, 0.6) is 23.3 Å². The summed E-state index contributed by atoms with van der Waals surface area (Å²) in [5, 5.41) is 9.27. The molecule has 4 heterocycles. The predicted octanol–water partition coefficient (Wildman–Crippen LogP) is 13.4. The van der Waals surface area contributed by atoms with Crippen LogP contribution in [0.2, 0.25) is 18.1 Å². The van der Waals surface area contributed by atoms with E-state index in [1.807, 2.05) is 90.1 Å². The third-order valence-corrected chi connectivity index (χ3v) is 21.2. The number of halogens is 7. The molecule has 0 spiro atoms. The summed E-state index contributed by atoms with van der Waals surface area (Å²) in [6, 6.07) is 27.9. The molecule has 1 N–H and O–H groups in total. The molecule has 2 fully saturated rings. The first-order valence-corrected chi connectivity index (χ1v) is 32.7. The SMILES string of the molecule is C=Cn1nc(-c2cccc(C3(NS(=O)C(C)(C)C)COC3)c2)cc1Oc1ccc(C(F)(F)F)cc1.CC(C)(C)S(=O)N=C1COC1.CC(C)(C)[Si](C)(C)OCCn1nc(-c2cccc(Br)c2)cc1Oc1ccc(C(F)(F)F)cc1.[CH2-]CCC.[Li+]. The van der Waals surface area contributed by atoms with Gasteiger partial charge in [-0.25, -0.2) is 22.5 Å². The molecule has 2 saturated heterocycles. The van der Waals surface area contributed by atoms with Gasteiger partial charge in [0.05, 0.1) is 88.3 Å². The minimum Gasteiger partial charge on any atom is -0.439 e. The fourth-order valence-electron chi connectivity index (χ4n) is 6.82. The van der Waals surface area contributed by atoms with Crippen LogP contribution in [0, 0.1) is 6.92 Å². The number of nitrogens with zero attached hydrogens (tertiary/aromatic N) is 5. The van der Waals surface area contributed by atoms with Crippen molar-refractivity contribution in [2.24, 2.45) is 4.40 Å². The average Bonchev–Trinajstić information content (AvgIpc) is 2.12. The number of aromatic nitrogens is 4. The monoisotopic (exact) mass is 1280 g/mol. The average molecular weight is 1290 g/mol. The molecule has 0 bridgehead atoms. The van der Waals surface area contributed by atoms with Crippen LogP contribution in [-0.2, 0) is 60.3 Å². The summed E-state index contributed by atoms with van der Waals surface area (Å²) < 4.78 is 140. The van der Waals surface area contributed by atoms with Crippen LogP contribution in [0.3, 0.4) is 0 Å². The second kappa shape index (κ2) is 30.3. The molecule has 454 valence electrons. The molecule has 0 aliphatic carbocycles. The number of alkyl halides is 6. The van der Waals surface area contributed by atoms with E-state index in [0.717, 1.165) is 57.6 Å². The van der Waals surface area contributed by atoms with E-state index < -0.39 is 64.1 Å². The topological polar surface area (TPSA) is 140 Å². The zero-order valence-electron chi connectivity index (χ0n) is 50.1. The van der Waals surface area contributed by atoms with Gasteiger partial charge < -0.3 is 30.3 Å². The molecule has 2 aromatic heterocycles. The molecular formula is C60H76BrF6LiN6O7S2Si. The summed E-state index contributed by atoms with van der Waals surface area (Å²) in [5.74, 6) is 1.27. The second-order valence-electron chi connectivity index (χ2n) is 23.0. The molecule has 0 amide bonds. The molecule has 6 aromatic rings. The summed E-state index contributed by atoms with van der Waals surface area (Å²) in [4.78, 5) is 0. The van der Waals surface area contributed by atoms with E-state index in [2.05, 4.69) is 89.5 Å². The van der Waals surface area contributed by atoms with Crippen LogP contribution in [0.15, 0.2) is 125 Å². The summed E-state index contributed by atoms with van der Waals surface area (Å²) >= 11 is 3.47. The smallest absolute Gasteiger partial charge is 0.439 e. The maximum atomic E-state index is 12.9. The van der Waals surface area contributed by atoms with Crippen LogP contribution in [-0.4, -0.2) is 84.5 Å². The van der Waals surface area contributed by atoms with Crippen molar-refractivity contribution in [3.63, 3.8) is 0 Å². The summed E-state index contributed by atoms with van der Waals surface area (Å²) in [6.07, 6.45) is -5.09. The molecule has 2 atom stereocenters. The Morgan fingerprint density at radius 3 is 1.68 bits per heavy atom. The minimum atomic E-state index is -4.42. The van der Waals surface area contributed by atoms with Crippen molar-refractivity contribution in [1.82, 2.24) is 24.3 Å². The van der Waals surface area contributed by atoms with Crippen molar-refractivity contribution in [1.29, 1.82) is 0 Å². The molecule has 2 unspecified atom stereocenters. The van der Waals surface area contributed by atoms with Crippen molar-refractivity contribution in [3.05, 3.63) is 144 Å². The van der Waals surface area contributed by atoms with E-state index in [9.17, 15) is 34.8 Å². The number of benzene rings is 4. The number of hydrogen-bond donors (Lipinski definition) is 1. The quantitative estimate of drug-likeness (QED) is 0.0570. The summed E-state index contributed by atoms with van der Waals surface area (Å²) in [5.41, 5.74) is 2.74. The Kier molecular flexibility index (Phi) is 25.9. The van der Waals surface area contributed by atoms with Gasteiger partial charge >= 0.3 is 31.2 Å². The van der Waals surface area contributed by atoms with Gasteiger partial charge in [-0.2, -0.15) is 47.4 Å². The first kappa shape index (κ1) is 71.8. The van der Waals surface area contributed by atoms with Crippen molar-refractivity contribution in [2.75, 3.05) is 33.0 Å². The first-order valence-electron chi connectivity index (χ1n) is 26.7. The molecular weight excluding hydrogens is 1210 g/mol. The summed E-state index contributed by atoms with van der Waals surface area (Å²) in [6.45, 7) is 34.6. The van der Waals surface area contributed by atoms with Crippen LogP contribution in [0.4, 0.5) is 26.3 Å². The van der Waals surface area contributed by atoms with Crippen molar-refractivity contribution in [2.45, 2.75) is 134 Å². The zero-order chi connectivity index (χ0) is 61.8. The van der Waals surface area contributed by atoms with Crippen molar-refractivity contribution < 1.29 is 77.0 Å². The zero-order valence-corrected chi connectivity index (χ0v) is 54.3. The van der Waals surface area contributed by atoms with Gasteiger partial charge in [-0.15, -0.1) is 0 Å². The van der Waals surface area contributed by atoms with Crippen LogP contribution in [0.25, 0.3) is 28.7 Å². The Balaban J connectivity index is 0.000000287. The number of nitrogens with one attached hydrogen (secondary N) is 1. The Bertz CT molecular complexity index is 3160. The van der Waals surface area contributed by atoms with Gasteiger partial charge in [0, 0.05) is 33.9 Å². The predicted molar refractivity (Wildman–Crippen MR) is 326 cm³/mol. The second-order valence-corrected chi connectivity index (χ2v) is 32.6. The van der Waals surface area contributed by atoms with Crippen LogP contribution >= 0.6 is 15.9 Å². The van der Waals surface area contributed by atoms with Gasteiger partial charge in [-0.05, 0) is 132 Å². The third-order valence-electron chi connectivity index (χ3n) is 13.0. The van der Waals surface area contributed by atoms with Gasteiger partial charge in [0.15, 0.2) is 8.32 Å². The Labute approximate surface area is 517 Å². The Morgan fingerprint density at radius 1 is 0.750 bits per heavy atom. The third kappa shape index (κ3) is 20.8. The summed E-state index contributed by atoms with van der Waals surface area (Å²) in [7, 11) is -4.33. The van der Waals surface area contributed by atoms with Crippen molar-refractivity contribution >= 4 is 58.1 Å². The number of hydrogen-bond acceptors (Lipinski definition) is 9. The molecule has 8 rings (SSSR count). The number of unbranched alkanes of at least 4 members (excludes halogenated alkanes) is 1. The molecule has 24 heteroatoms. The normalized spacial score (nSPS) is 14.9. The van der Waals surface area contributed by atoms with Gasteiger partial charge in [0.1, 0.15) is 28.0 Å². The van der Waals surface area contributed by atoms with E-state index in [4.69, 9.17) is 23.4 Å². The Morgan fingerprint density at radius 2 is 1.25 bits per heavy atom. The van der Waals surface area contributed by atoms with Crippen molar-refractivity contribution in [3.8, 4) is 45.8 Å².